The zero-order valence-corrected chi connectivity index (χ0v) is 12.0. The van der Waals surface area contributed by atoms with Gasteiger partial charge >= 0.3 is 98.7 Å². The van der Waals surface area contributed by atoms with E-state index in [9.17, 15) is 4.79 Å². The van der Waals surface area contributed by atoms with Crippen LogP contribution in [0.5, 0.6) is 0 Å². The SMILES string of the molecule is CCOC(=O)[CH](c1ccccc1)[Sb]([CH3])[CH3]. The molecule has 1 aromatic rings. The summed E-state index contributed by atoms with van der Waals surface area (Å²) in [6.07, 6.45) is 0. The quantitative estimate of drug-likeness (QED) is 0.631. The second kappa shape index (κ2) is 6.17. The van der Waals surface area contributed by atoms with Crippen LogP contribution in [0.3, 0.4) is 0 Å². The van der Waals surface area contributed by atoms with Gasteiger partial charge in [-0.05, 0) is 0 Å². The van der Waals surface area contributed by atoms with Crippen LogP contribution in [-0.2, 0) is 9.53 Å². The molecule has 0 saturated carbocycles. The molecule has 0 aliphatic rings. The minimum absolute atomic E-state index is 0.0362. The fraction of sp³-hybridized carbons (Fsp3) is 0.417. The summed E-state index contributed by atoms with van der Waals surface area (Å²) in [4.78, 5) is 16.2. The molecule has 0 aliphatic heterocycles. The van der Waals surface area contributed by atoms with Gasteiger partial charge in [-0.25, -0.2) is 0 Å². The zero-order valence-electron chi connectivity index (χ0n) is 9.43. The number of esters is 1. The molecule has 2 nitrogen and oxygen atoms in total. The summed E-state index contributed by atoms with van der Waals surface area (Å²) in [6.45, 7) is 2.32. The third kappa shape index (κ3) is 3.53. The number of ether oxygens (including phenoxy) is 1. The number of rotatable bonds is 4. The normalized spacial score (nSPS) is 12.5. The molecule has 1 unspecified atom stereocenters. The van der Waals surface area contributed by atoms with Crippen LogP contribution in [0.15, 0.2) is 30.3 Å². The van der Waals surface area contributed by atoms with Crippen molar-refractivity contribution in [3.05, 3.63) is 35.9 Å². The van der Waals surface area contributed by atoms with Gasteiger partial charge in [0, 0.05) is 0 Å². The Kier molecular flexibility index (Phi) is 5.17. The molecule has 0 fully saturated rings. The summed E-state index contributed by atoms with van der Waals surface area (Å²) < 4.78 is 5.16. The van der Waals surface area contributed by atoms with Crippen LogP contribution in [0.25, 0.3) is 0 Å². The fourth-order valence-electron chi connectivity index (χ4n) is 1.50. The Labute approximate surface area is 98.6 Å². The van der Waals surface area contributed by atoms with Crippen molar-refractivity contribution in [3.63, 3.8) is 0 Å². The molecule has 0 radical (unpaired) electrons. The molecule has 0 spiro atoms. The van der Waals surface area contributed by atoms with Gasteiger partial charge in [0.25, 0.3) is 0 Å². The number of carbonyl (C=O) groups is 1. The summed E-state index contributed by atoms with van der Waals surface area (Å²) in [7, 11) is 0. The third-order valence-corrected chi connectivity index (χ3v) is 6.54. The third-order valence-electron chi connectivity index (χ3n) is 2.14. The molecular weight excluding hydrogens is 298 g/mol. The first-order valence-electron chi connectivity index (χ1n) is 5.04. The zero-order chi connectivity index (χ0) is 11.3. The maximum atomic E-state index is 11.8. The Balaban J connectivity index is 2.88. The summed E-state index contributed by atoms with van der Waals surface area (Å²) in [5, 5.41) is 0. The molecule has 0 heterocycles. The molecule has 1 atom stereocenters. The Morgan fingerprint density at radius 2 is 1.93 bits per heavy atom. The van der Waals surface area contributed by atoms with Crippen LogP contribution in [0.1, 0.15) is 16.4 Å². The first-order chi connectivity index (χ1) is 7.16. The van der Waals surface area contributed by atoms with Gasteiger partial charge in [0.05, 0.1) is 0 Å². The van der Waals surface area contributed by atoms with Crippen LogP contribution in [-0.4, -0.2) is 32.8 Å². The van der Waals surface area contributed by atoms with Crippen LogP contribution < -0.4 is 0 Å². The van der Waals surface area contributed by atoms with Crippen molar-refractivity contribution in [1.82, 2.24) is 0 Å². The number of carbonyl (C=O) groups excluding carboxylic acids is 1. The van der Waals surface area contributed by atoms with Crippen LogP contribution >= 0.6 is 0 Å². The van der Waals surface area contributed by atoms with Gasteiger partial charge in [-0.2, -0.15) is 0 Å². The van der Waals surface area contributed by atoms with Crippen LogP contribution in [0, 0.1) is 0 Å². The van der Waals surface area contributed by atoms with Gasteiger partial charge in [0.1, 0.15) is 0 Å². The average Bonchev–Trinajstić information content (AvgIpc) is 2.19. The van der Waals surface area contributed by atoms with Gasteiger partial charge in [0.2, 0.25) is 0 Å². The average molecular weight is 315 g/mol. The van der Waals surface area contributed by atoms with E-state index < -0.39 is 20.2 Å². The predicted octanol–water partition coefficient (Wildman–Crippen LogP) is 2.63. The molecule has 82 valence electrons. The monoisotopic (exact) mass is 314 g/mol. The summed E-state index contributed by atoms with van der Waals surface area (Å²) in [5.41, 5.74) is 1.11. The Morgan fingerprint density at radius 3 is 2.40 bits per heavy atom. The van der Waals surface area contributed by atoms with E-state index in [0.29, 0.717) is 6.61 Å². The molecule has 3 heteroatoms. The van der Waals surface area contributed by atoms with Crippen molar-refractivity contribution in [2.24, 2.45) is 0 Å². The summed E-state index contributed by atoms with van der Waals surface area (Å²) >= 11 is -1.50. The number of hydrogen-bond donors (Lipinski definition) is 0. The second-order valence-electron chi connectivity index (χ2n) is 3.53. The molecular formula is C12H17O2Sb. The molecule has 1 rings (SSSR count). The van der Waals surface area contributed by atoms with E-state index in [-0.39, 0.29) is 9.83 Å². The van der Waals surface area contributed by atoms with Crippen molar-refractivity contribution in [3.8, 4) is 0 Å². The maximum absolute atomic E-state index is 11.8. The Hall–Kier alpha value is -0.492. The molecule has 0 N–H and O–H groups in total. The van der Waals surface area contributed by atoms with Crippen molar-refractivity contribution < 1.29 is 9.53 Å². The molecule has 0 aliphatic carbocycles. The van der Waals surface area contributed by atoms with Crippen LogP contribution in [0.2, 0.25) is 9.74 Å². The van der Waals surface area contributed by atoms with Gasteiger partial charge in [-0.15, -0.1) is 0 Å². The van der Waals surface area contributed by atoms with Crippen molar-refractivity contribution >= 4 is 26.2 Å². The summed E-state index contributed by atoms with van der Waals surface area (Å²) in [6, 6.07) is 9.97. The number of benzene rings is 1. The molecule has 0 aromatic heterocycles. The minimum atomic E-state index is -1.50. The van der Waals surface area contributed by atoms with Gasteiger partial charge < -0.3 is 0 Å². The topological polar surface area (TPSA) is 26.3 Å². The molecule has 1 aromatic carbocycles. The van der Waals surface area contributed by atoms with Gasteiger partial charge in [-0.3, -0.25) is 0 Å². The molecule has 0 bridgehead atoms. The van der Waals surface area contributed by atoms with Gasteiger partial charge in [0.15, 0.2) is 0 Å². The van der Waals surface area contributed by atoms with E-state index in [0.717, 1.165) is 5.56 Å². The predicted molar refractivity (Wildman–Crippen MR) is 63.3 cm³/mol. The van der Waals surface area contributed by atoms with E-state index in [1.54, 1.807) is 0 Å². The van der Waals surface area contributed by atoms with Crippen molar-refractivity contribution in [1.29, 1.82) is 0 Å². The summed E-state index contributed by atoms with van der Waals surface area (Å²) in [5.74, 6) is -0.0447. The van der Waals surface area contributed by atoms with E-state index in [2.05, 4.69) is 9.74 Å². The fourth-order valence-corrected chi connectivity index (χ4v) is 5.11. The van der Waals surface area contributed by atoms with E-state index in [1.807, 2.05) is 37.3 Å². The van der Waals surface area contributed by atoms with E-state index >= 15 is 0 Å². The molecule has 15 heavy (non-hydrogen) atoms. The van der Waals surface area contributed by atoms with Crippen molar-refractivity contribution in [2.45, 2.75) is 20.5 Å². The standard InChI is InChI=1S/C10H11O2.2CH3.Sb/c1-2-12-10(11)8-9-6-4-3-5-7-9;;;/h3-8H,2H2,1H3;2*1H3;. The van der Waals surface area contributed by atoms with Crippen LogP contribution in [0.4, 0.5) is 0 Å². The second-order valence-corrected chi connectivity index (χ2v) is 10.5. The first kappa shape index (κ1) is 12.6. The molecule has 0 amide bonds. The Bertz CT molecular complexity index is 309. The molecule has 0 saturated heterocycles. The van der Waals surface area contributed by atoms with Crippen molar-refractivity contribution in [2.75, 3.05) is 6.61 Å². The van der Waals surface area contributed by atoms with Gasteiger partial charge in [-0.1, -0.05) is 0 Å². The Morgan fingerprint density at radius 1 is 1.33 bits per heavy atom. The van der Waals surface area contributed by atoms with E-state index in [1.165, 1.54) is 0 Å². The first-order valence-corrected chi connectivity index (χ1v) is 11.6. The van der Waals surface area contributed by atoms with E-state index in [4.69, 9.17) is 4.74 Å². The number of hydrogen-bond acceptors (Lipinski definition) is 2.